The molecule has 1 atom stereocenters. The highest BCUT2D eigenvalue weighted by Gasteiger charge is 2.54. The molecule has 6 nitrogen and oxygen atoms in total. The van der Waals surface area contributed by atoms with Gasteiger partial charge in [0.1, 0.15) is 5.60 Å². The Hall–Kier alpha value is -1.40. The summed E-state index contributed by atoms with van der Waals surface area (Å²) in [5.41, 5.74) is 1.46. The third-order valence-corrected chi connectivity index (χ3v) is 4.61. The number of aliphatic hydroxyl groups is 1. The predicted octanol–water partition coefficient (Wildman–Crippen LogP) is -0.593. The van der Waals surface area contributed by atoms with Gasteiger partial charge in [0.2, 0.25) is 5.91 Å². The van der Waals surface area contributed by atoms with Crippen molar-refractivity contribution in [2.45, 2.75) is 37.5 Å². The van der Waals surface area contributed by atoms with E-state index in [0.717, 1.165) is 24.2 Å². The fourth-order valence-electron chi connectivity index (χ4n) is 3.21. The average Bonchev–Trinajstić information content (AvgIpc) is 3.12. The number of hydrogen-bond donors (Lipinski definition) is 3. The summed E-state index contributed by atoms with van der Waals surface area (Å²) in [5.74, 6) is 0.521. The summed E-state index contributed by atoms with van der Waals surface area (Å²) in [4.78, 5) is 21.4. The second kappa shape index (κ2) is 3.80. The van der Waals surface area contributed by atoms with Gasteiger partial charge in [0.15, 0.2) is 0 Å². The molecule has 3 N–H and O–H groups in total. The zero-order chi connectivity index (χ0) is 13.0. The van der Waals surface area contributed by atoms with E-state index >= 15 is 0 Å². The molecule has 0 radical (unpaired) electrons. The quantitative estimate of drug-likeness (QED) is 0.665. The number of fused-ring (bicyclic) bond motifs is 1. The largest absolute Gasteiger partial charge is 0.386 e. The number of imidazole rings is 1. The SMILES string of the molecule is O=C(C1Cc2nc[nH]c2CN1)N1CC(O)(C2CC2)C1. The summed E-state index contributed by atoms with van der Waals surface area (Å²) in [6, 6.07) is -0.195. The van der Waals surface area contributed by atoms with Gasteiger partial charge >= 0.3 is 0 Å². The Bertz CT molecular complexity index is 516. The number of nitrogens with one attached hydrogen (secondary N) is 2. The summed E-state index contributed by atoms with van der Waals surface area (Å²) in [6.45, 7) is 1.66. The number of aromatic nitrogens is 2. The molecule has 0 aromatic carbocycles. The lowest BCUT2D eigenvalue weighted by Gasteiger charge is -2.48. The van der Waals surface area contributed by atoms with Crippen LogP contribution in [-0.2, 0) is 17.8 Å². The molecule has 2 fully saturated rings. The van der Waals surface area contributed by atoms with Crippen LogP contribution in [0.25, 0.3) is 0 Å². The topological polar surface area (TPSA) is 81.2 Å². The number of aromatic amines is 1. The van der Waals surface area contributed by atoms with Crippen LogP contribution in [0.3, 0.4) is 0 Å². The van der Waals surface area contributed by atoms with E-state index in [1.807, 2.05) is 0 Å². The fourth-order valence-corrected chi connectivity index (χ4v) is 3.21. The van der Waals surface area contributed by atoms with Crippen LogP contribution in [0.5, 0.6) is 0 Å². The van der Waals surface area contributed by atoms with Crippen molar-refractivity contribution in [1.29, 1.82) is 0 Å². The summed E-state index contributed by atoms with van der Waals surface area (Å²) in [5, 5.41) is 13.5. The predicted molar refractivity (Wildman–Crippen MR) is 67.2 cm³/mol. The molecule has 6 heteroatoms. The van der Waals surface area contributed by atoms with Crippen LogP contribution < -0.4 is 5.32 Å². The summed E-state index contributed by atoms with van der Waals surface area (Å²) < 4.78 is 0. The number of rotatable bonds is 2. The second-order valence-electron chi connectivity index (χ2n) is 6.04. The molecule has 4 rings (SSSR count). The minimum atomic E-state index is -0.595. The van der Waals surface area contributed by atoms with E-state index in [9.17, 15) is 9.90 Å². The molecule has 1 saturated carbocycles. The monoisotopic (exact) mass is 262 g/mol. The molecule has 2 aliphatic heterocycles. The summed E-state index contributed by atoms with van der Waals surface area (Å²) >= 11 is 0. The average molecular weight is 262 g/mol. The number of amides is 1. The Kier molecular flexibility index (Phi) is 2.29. The first-order chi connectivity index (χ1) is 9.16. The van der Waals surface area contributed by atoms with Gasteiger partial charge in [-0.25, -0.2) is 4.98 Å². The van der Waals surface area contributed by atoms with Gasteiger partial charge in [0.25, 0.3) is 0 Å². The van der Waals surface area contributed by atoms with Crippen molar-refractivity contribution in [1.82, 2.24) is 20.2 Å². The molecule has 0 spiro atoms. The van der Waals surface area contributed by atoms with Crippen LogP contribution in [0.15, 0.2) is 6.33 Å². The van der Waals surface area contributed by atoms with Gasteiger partial charge in [-0.2, -0.15) is 0 Å². The summed E-state index contributed by atoms with van der Waals surface area (Å²) in [7, 11) is 0. The lowest BCUT2D eigenvalue weighted by molar-refractivity contribution is -0.161. The van der Waals surface area contributed by atoms with Crippen LogP contribution in [0.2, 0.25) is 0 Å². The maximum Gasteiger partial charge on any atom is 0.240 e. The Morgan fingerprint density at radius 3 is 3.00 bits per heavy atom. The fraction of sp³-hybridized carbons (Fsp3) is 0.692. The lowest BCUT2D eigenvalue weighted by Crippen LogP contribution is -2.67. The minimum absolute atomic E-state index is 0.0963. The minimum Gasteiger partial charge on any atom is -0.386 e. The third kappa shape index (κ3) is 1.78. The van der Waals surface area contributed by atoms with E-state index in [-0.39, 0.29) is 11.9 Å². The standard InChI is InChI=1S/C13H18N4O2/c18-12(17-5-13(19,6-17)8-1-2-8)10-3-9-11(4-14-10)16-7-15-9/h7-8,10,14,19H,1-6H2,(H,15,16). The molecule has 1 aromatic rings. The normalized spacial score (nSPS) is 28.7. The highest BCUT2D eigenvalue weighted by molar-refractivity contribution is 5.83. The molecule has 1 amide bonds. The highest BCUT2D eigenvalue weighted by Crippen LogP contribution is 2.44. The van der Waals surface area contributed by atoms with Gasteiger partial charge in [0.05, 0.1) is 36.8 Å². The number of nitrogens with zero attached hydrogens (tertiary/aromatic N) is 2. The first-order valence-corrected chi connectivity index (χ1v) is 6.91. The highest BCUT2D eigenvalue weighted by atomic mass is 16.3. The number of hydrogen-bond acceptors (Lipinski definition) is 4. The van der Waals surface area contributed by atoms with E-state index < -0.39 is 5.60 Å². The third-order valence-electron chi connectivity index (χ3n) is 4.61. The van der Waals surface area contributed by atoms with Gasteiger partial charge in [-0.1, -0.05) is 0 Å². The van der Waals surface area contributed by atoms with E-state index in [2.05, 4.69) is 15.3 Å². The number of β-amino-alcohol motifs (C(OH)–C–C–N with tert-alkyl or cyclic N) is 1. The Morgan fingerprint density at radius 2 is 2.26 bits per heavy atom. The molecule has 19 heavy (non-hydrogen) atoms. The van der Waals surface area contributed by atoms with Crippen LogP contribution in [0.4, 0.5) is 0 Å². The summed E-state index contributed by atoms with van der Waals surface area (Å²) in [6.07, 6.45) is 4.53. The van der Waals surface area contributed by atoms with Crippen molar-refractivity contribution < 1.29 is 9.90 Å². The van der Waals surface area contributed by atoms with Crippen molar-refractivity contribution in [3.05, 3.63) is 17.7 Å². The molecular formula is C13H18N4O2. The van der Waals surface area contributed by atoms with Crippen molar-refractivity contribution in [3.8, 4) is 0 Å². The van der Waals surface area contributed by atoms with E-state index in [1.165, 1.54) is 0 Å². The van der Waals surface area contributed by atoms with Crippen molar-refractivity contribution >= 4 is 5.91 Å². The van der Waals surface area contributed by atoms with Gasteiger partial charge in [-0.3, -0.25) is 10.1 Å². The second-order valence-corrected chi connectivity index (χ2v) is 6.04. The maximum atomic E-state index is 12.4. The molecule has 1 unspecified atom stereocenters. The van der Waals surface area contributed by atoms with Gasteiger partial charge in [0, 0.05) is 13.0 Å². The first kappa shape index (κ1) is 11.4. The molecule has 102 valence electrons. The molecule has 3 heterocycles. The zero-order valence-corrected chi connectivity index (χ0v) is 10.7. The van der Waals surface area contributed by atoms with Crippen LogP contribution in [0, 0.1) is 5.92 Å². The van der Waals surface area contributed by atoms with Crippen LogP contribution in [-0.4, -0.2) is 50.6 Å². The molecule has 1 aliphatic carbocycles. The molecular weight excluding hydrogens is 244 g/mol. The van der Waals surface area contributed by atoms with E-state index in [1.54, 1.807) is 11.2 Å². The Balaban J connectivity index is 1.40. The molecule has 3 aliphatic rings. The molecule has 1 saturated heterocycles. The van der Waals surface area contributed by atoms with Crippen LogP contribution in [0.1, 0.15) is 24.2 Å². The van der Waals surface area contributed by atoms with Gasteiger partial charge < -0.3 is 15.0 Å². The van der Waals surface area contributed by atoms with Crippen molar-refractivity contribution in [2.75, 3.05) is 13.1 Å². The Labute approximate surface area is 111 Å². The van der Waals surface area contributed by atoms with Crippen molar-refractivity contribution in [2.24, 2.45) is 5.92 Å². The van der Waals surface area contributed by atoms with Crippen LogP contribution >= 0.6 is 0 Å². The number of likely N-dealkylation sites (tertiary alicyclic amines) is 1. The van der Waals surface area contributed by atoms with Gasteiger partial charge in [-0.05, 0) is 18.8 Å². The van der Waals surface area contributed by atoms with E-state index in [0.29, 0.717) is 32.0 Å². The number of H-pyrrole nitrogens is 1. The zero-order valence-electron chi connectivity index (χ0n) is 10.7. The first-order valence-electron chi connectivity index (χ1n) is 6.91. The van der Waals surface area contributed by atoms with E-state index in [4.69, 9.17) is 0 Å². The lowest BCUT2D eigenvalue weighted by atomic mass is 9.87. The van der Waals surface area contributed by atoms with Crippen molar-refractivity contribution in [3.63, 3.8) is 0 Å². The molecule has 0 bridgehead atoms. The maximum absolute atomic E-state index is 12.4. The van der Waals surface area contributed by atoms with Gasteiger partial charge in [-0.15, -0.1) is 0 Å². The number of carbonyl (C=O) groups is 1. The number of carbonyl (C=O) groups excluding carboxylic acids is 1. The molecule has 1 aromatic heterocycles. The Morgan fingerprint density at radius 1 is 1.47 bits per heavy atom. The smallest absolute Gasteiger partial charge is 0.240 e.